The van der Waals surface area contributed by atoms with Gasteiger partial charge in [0.2, 0.25) is 0 Å². The number of carbonyl (C=O) groups excluding carboxylic acids is 2. The summed E-state index contributed by atoms with van der Waals surface area (Å²) in [6.07, 6.45) is -0.934. The summed E-state index contributed by atoms with van der Waals surface area (Å²) in [6.45, 7) is 1.76. The van der Waals surface area contributed by atoms with E-state index in [1.807, 2.05) is 54.6 Å². The molecule has 5 nitrogen and oxygen atoms in total. The van der Waals surface area contributed by atoms with Crippen LogP contribution in [0, 0.1) is 0 Å². The van der Waals surface area contributed by atoms with E-state index in [1.165, 1.54) is 0 Å². The van der Waals surface area contributed by atoms with Gasteiger partial charge in [0.05, 0.1) is 5.56 Å². The summed E-state index contributed by atoms with van der Waals surface area (Å²) < 4.78 is 11.1. The van der Waals surface area contributed by atoms with Crippen LogP contribution >= 0.6 is 0 Å². The first-order valence-corrected chi connectivity index (χ1v) is 8.96. The summed E-state index contributed by atoms with van der Waals surface area (Å²) in [6, 6.07) is 25.4. The Morgan fingerprint density at radius 3 is 2.18 bits per heavy atom. The van der Waals surface area contributed by atoms with Crippen LogP contribution in [0.2, 0.25) is 0 Å². The molecule has 142 valence electrons. The predicted molar refractivity (Wildman–Crippen MR) is 107 cm³/mol. The normalized spacial score (nSPS) is 11.3. The first kappa shape index (κ1) is 19.2. The fourth-order valence-corrected chi connectivity index (χ4v) is 2.57. The number of benzene rings is 3. The van der Waals surface area contributed by atoms with Gasteiger partial charge in [-0.05, 0) is 37.3 Å². The average molecular weight is 375 g/mol. The molecule has 0 spiro atoms. The van der Waals surface area contributed by atoms with Gasteiger partial charge in [0.25, 0.3) is 5.91 Å². The van der Waals surface area contributed by atoms with E-state index in [-0.39, 0.29) is 6.61 Å². The van der Waals surface area contributed by atoms with E-state index >= 15 is 0 Å². The van der Waals surface area contributed by atoms with Gasteiger partial charge in [-0.25, -0.2) is 4.79 Å². The zero-order valence-electron chi connectivity index (χ0n) is 15.5. The molecule has 0 aliphatic heterocycles. The van der Waals surface area contributed by atoms with Gasteiger partial charge >= 0.3 is 5.97 Å². The van der Waals surface area contributed by atoms with Crippen molar-refractivity contribution in [1.29, 1.82) is 0 Å². The molecule has 1 atom stereocenters. The zero-order chi connectivity index (χ0) is 19.8. The van der Waals surface area contributed by atoms with Gasteiger partial charge in [0.15, 0.2) is 6.10 Å². The van der Waals surface area contributed by atoms with Crippen LogP contribution in [0.4, 0.5) is 5.69 Å². The number of carbonyl (C=O) groups is 2. The molecule has 3 aromatic rings. The molecule has 0 saturated carbocycles. The highest BCUT2D eigenvalue weighted by Gasteiger charge is 2.21. The summed E-state index contributed by atoms with van der Waals surface area (Å²) in [4.78, 5) is 24.8. The van der Waals surface area contributed by atoms with Crippen molar-refractivity contribution in [1.82, 2.24) is 0 Å². The van der Waals surface area contributed by atoms with Crippen molar-refractivity contribution in [2.24, 2.45) is 0 Å². The van der Waals surface area contributed by atoms with E-state index in [0.29, 0.717) is 22.6 Å². The molecule has 3 rings (SSSR count). The number of anilines is 1. The minimum atomic E-state index is -0.934. The maximum Gasteiger partial charge on any atom is 0.339 e. The molecule has 0 unspecified atom stereocenters. The third-order valence-electron chi connectivity index (χ3n) is 4.07. The van der Waals surface area contributed by atoms with Gasteiger partial charge in [-0.2, -0.15) is 0 Å². The molecular weight excluding hydrogens is 354 g/mol. The Morgan fingerprint density at radius 2 is 1.46 bits per heavy atom. The minimum Gasteiger partial charge on any atom is -0.489 e. The molecule has 3 aromatic carbocycles. The molecule has 5 heteroatoms. The largest absolute Gasteiger partial charge is 0.489 e. The number of nitrogens with one attached hydrogen (secondary N) is 1. The SMILES string of the molecule is C[C@H](OC(=O)c1ccccc1COc1ccccc1)C(=O)Nc1ccccc1. The standard InChI is InChI=1S/C23H21NO4/c1-17(22(25)24-19-11-4-2-5-12-19)28-23(26)21-15-9-8-10-18(21)16-27-20-13-6-3-7-14-20/h2-15,17H,16H2,1H3,(H,24,25)/t17-/m0/s1. The first-order chi connectivity index (χ1) is 13.6. The third kappa shape index (κ3) is 5.20. The smallest absolute Gasteiger partial charge is 0.339 e. The molecule has 0 heterocycles. The van der Waals surface area contributed by atoms with Gasteiger partial charge in [-0.3, -0.25) is 4.79 Å². The van der Waals surface area contributed by atoms with Crippen molar-refractivity contribution < 1.29 is 19.1 Å². The zero-order valence-corrected chi connectivity index (χ0v) is 15.5. The highest BCUT2D eigenvalue weighted by Crippen LogP contribution is 2.16. The van der Waals surface area contributed by atoms with Crippen molar-refractivity contribution in [2.45, 2.75) is 19.6 Å². The van der Waals surface area contributed by atoms with Crippen LogP contribution in [0.1, 0.15) is 22.8 Å². The second-order valence-corrected chi connectivity index (χ2v) is 6.16. The highest BCUT2D eigenvalue weighted by atomic mass is 16.5. The van der Waals surface area contributed by atoms with E-state index in [2.05, 4.69) is 5.32 Å². The Morgan fingerprint density at radius 1 is 0.857 bits per heavy atom. The minimum absolute atomic E-state index is 0.222. The van der Waals surface area contributed by atoms with Crippen LogP contribution in [0.5, 0.6) is 5.75 Å². The van der Waals surface area contributed by atoms with Crippen LogP contribution in [-0.4, -0.2) is 18.0 Å². The molecule has 0 saturated heterocycles. The molecule has 1 N–H and O–H groups in total. The van der Waals surface area contributed by atoms with Gasteiger partial charge in [0, 0.05) is 11.3 Å². The van der Waals surface area contributed by atoms with E-state index in [9.17, 15) is 9.59 Å². The molecule has 0 radical (unpaired) electrons. The Labute approximate surface area is 163 Å². The van der Waals surface area contributed by atoms with Gasteiger partial charge in [0.1, 0.15) is 12.4 Å². The molecule has 1 amide bonds. The topological polar surface area (TPSA) is 64.6 Å². The Bertz CT molecular complexity index is 926. The molecule has 0 fully saturated rings. The maximum absolute atomic E-state index is 12.6. The fraction of sp³-hybridized carbons (Fsp3) is 0.130. The van der Waals surface area contributed by atoms with Crippen molar-refractivity contribution in [3.8, 4) is 5.75 Å². The van der Waals surface area contributed by atoms with Gasteiger partial charge < -0.3 is 14.8 Å². The molecule has 28 heavy (non-hydrogen) atoms. The lowest BCUT2D eigenvalue weighted by atomic mass is 10.1. The second kappa shape index (κ2) is 9.37. The van der Waals surface area contributed by atoms with E-state index < -0.39 is 18.0 Å². The number of hydrogen-bond donors (Lipinski definition) is 1. The Balaban J connectivity index is 1.63. The van der Waals surface area contributed by atoms with E-state index in [1.54, 1.807) is 37.3 Å². The highest BCUT2D eigenvalue weighted by molar-refractivity contribution is 5.97. The maximum atomic E-state index is 12.6. The predicted octanol–water partition coefficient (Wildman–Crippen LogP) is 4.45. The Hall–Kier alpha value is -3.60. The van der Waals surface area contributed by atoms with E-state index in [0.717, 1.165) is 0 Å². The molecule has 0 bridgehead atoms. The molecule has 0 aliphatic rings. The number of amides is 1. The van der Waals surface area contributed by atoms with Crippen LogP contribution in [0.25, 0.3) is 0 Å². The van der Waals surface area contributed by atoms with E-state index in [4.69, 9.17) is 9.47 Å². The quantitative estimate of drug-likeness (QED) is 0.620. The fourth-order valence-electron chi connectivity index (χ4n) is 2.57. The number of rotatable bonds is 7. The number of ether oxygens (including phenoxy) is 2. The summed E-state index contributed by atoms with van der Waals surface area (Å²) in [5.74, 6) is -0.248. The van der Waals surface area contributed by atoms with Crippen molar-refractivity contribution in [3.63, 3.8) is 0 Å². The van der Waals surface area contributed by atoms with Crippen LogP contribution in [-0.2, 0) is 16.1 Å². The molecular formula is C23H21NO4. The second-order valence-electron chi connectivity index (χ2n) is 6.16. The van der Waals surface area contributed by atoms with Crippen molar-refractivity contribution in [2.75, 3.05) is 5.32 Å². The Kier molecular flexibility index (Phi) is 6.41. The first-order valence-electron chi connectivity index (χ1n) is 8.96. The van der Waals surface area contributed by atoms with Gasteiger partial charge in [-0.15, -0.1) is 0 Å². The van der Waals surface area contributed by atoms with Crippen molar-refractivity contribution >= 4 is 17.6 Å². The van der Waals surface area contributed by atoms with Gasteiger partial charge in [-0.1, -0.05) is 54.6 Å². The number of hydrogen-bond acceptors (Lipinski definition) is 4. The average Bonchev–Trinajstić information content (AvgIpc) is 2.74. The summed E-state index contributed by atoms with van der Waals surface area (Å²) >= 11 is 0. The van der Waals surface area contributed by atoms with Crippen LogP contribution in [0.15, 0.2) is 84.9 Å². The lowest BCUT2D eigenvalue weighted by Crippen LogP contribution is -2.30. The summed E-state index contributed by atoms with van der Waals surface area (Å²) in [5.41, 5.74) is 1.71. The molecule has 0 aliphatic carbocycles. The van der Waals surface area contributed by atoms with Crippen LogP contribution in [0.3, 0.4) is 0 Å². The third-order valence-corrected chi connectivity index (χ3v) is 4.07. The summed E-state index contributed by atoms with van der Waals surface area (Å²) in [5, 5.41) is 2.72. The lowest BCUT2D eigenvalue weighted by molar-refractivity contribution is -0.123. The van der Waals surface area contributed by atoms with Crippen LogP contribution < -0.4 is 10.1 Å². The number of para-hydroxylation sites is 2. The number of esters is 1. The lowest BCUT2D eigenvalue weighted by Gasteiger charge is -2.15. The molecule has 0 aromatic heterocycles. The van der Waals surface area contributed by atoms with Crippen molar-refractivity contribution in [3.05, 3.63) is 96.1 Å². The summed E-state index contributed by atoms with van der Waals surface area (Å²) in [7, 11) is 0. The monoisotopic (exact) mass is 375 g/mol.